The van der Waals surface area contributed by atoms with E-state index in [9.17, 15) is 9.59 Å². The van der Waals surface area contributed by atoms with Crippen LogP contribution in [0.1, 0.15) is 35.7 Å². The minimum absolute atomic E-state index is 0.102. The predicted octanol–water partition coefficient (Wildman–Crippen LogP) is 1.07. The van der Waals surface area contributed by atoms with Gasteiger partial charge in [0.05, 0.1) is 6.54 Å². The number of benzene rings is 1. The Morgan fingerprint density at radius 1 is 1.35 bits per heavy atom. The summed E-state index contributed by atoms with van der Waals surface area (Å²) in [4.78, 5) is 31.9. The second kappa shape index (κ2) is 9.79. The molecule has 1 fully saturated rings. The quantitative estimate of drug-likeness (QED) is 0.588. The average Bonchev–Trinajstić information content (AvgIpc) is 2.66. The smallest absolute Gasteiger partial charge is 0.254 e. The molecule has 1 aromatic carbocycles. The van der Waals surface area contributed by atoms with Crippen molar-refractivity contribution in [2.75, 3.05) is 40.3 Å². The fraction of sp³-hybridized carbons (Fsp3) is 0.526. The molecule has 2 N–H and O–H groups in total. The van der Waals surface area contributed by atoms with Gasteiger partial charge >= 0.3 is 0 Å². The minimum Gasteiger partial charge on any atom is -0.353 e. The number of hydrogen-bond donors (Lipinski definition) is 2. The van der Waals surface area contributed by atoms with E-state index in [1.807, 2.05) is 31.3 Å². The first-order valence-electron chi connectivity index (χ1n) is 9.11. The zero-order valence-corrected chi connectivity index (χ0v) is 15.9. The molecule has 1 aliphatic rings. The minimum atomic E-state index is -0.107. The van der Waals surface area contributed by atoms with Crippen LogP contribution in [0.15, 0.2) is 29.3 Å². The van der Waals surface area contributed by atoms with Gasteiger partial charge in [-0.25, -0.2) is 0 Å². The Bertz CT molecular complexity index is 642. The molecule has 0 bridgehead atoms. The summed E-state index contributed by atoms with van der Waals surface area (Å²) in [6.07, 6.45) is 2.28. The molecule has 0 atom stereocenters. The summed E-state index contributed by atoms with van der Waals surface area (Å²) in [6.45, 7) is 4.97. The molecule has 1 saturated heterocycles. The van der Waals surface area contributed by atoms with Gasteiger partial charge in [0, 0.05) is 45.8 Å². The number of nitrogens with one attached hydrogen (secondary N) is 2. The van der Waals surface area contributed by atoms with Crippen molar-refractivity contribution in [3.05, 3.63) is 35.4 Å². The van der Waals surface area contributed by atoms with Crippen molar-refractivity contribution in [3.8, 4) is 0 Å². The van der Waals surface area contributed by atoms with Gasteiger partial charge in [0.15, 0.2) is 5.96 Å². The maximum atomic E-state index is 12.5. The highest BCUT2D eigenvalue weighted by Crippen LogP contribution is 2.09. The van der Waals surface area contributed by atoms with Gasteiger partial charge in [-0.1, -0.05) is 25.5 Å². The Morgan fingerprint density at radius 2 is 2.08 bits per heavy atom. The lowest BCUT2D eigenvalue weighted by molar-refractivity contribution is -0.123. The van der Waals surface area contributed by atoms with E-state index in [1.165, 1.54) is 0 Å². The number of unbranched alkanes of at least 4 members (excludes halogenated alkanes) is 1. The van der Waals surface area contributed by atoms with E-state index in [1.54, 1.807) is 11.9 Å². The number of hydrogen-bond acceptors (Lipinski definition) is 3. The van der Waals surface area contributed by atoms with Crippen LogP contribution in [0.25, 0.3) is 0 Å². The molecule has 0 saturated carbocycles. The molecule has 0 aromatic heterocycles. The molecule has 0 aliphatic carbocycles. The summed E-state index contributed by atoms with van der Waals surface area (Å²) in [6, 6.07) is 7.50. The second-order valence-corrected chi connectivity index (χ2v) is 6.45. The van der Waals surface area contributed by atoms with Crippen LogP contribution in [-0.4, -0.2) is 67.8 Å². The van der Waals surface area contributed by atoms with E-state index < -0.39 is 0 Å². The Morgan fingerprint density at radius 3 is 2.69 bits per heavy atom. The molecular weight excluding hydrogens is 330 g/mol. The van der Waals surface area contributed by atoms with Crippen LogP contribution in [0.2, 0.25) is 0 Å². The van der Waals surface area contributed by atoms with Crippen LogP contribution in [0.5, 0.6) is 0 Å². The van der Waals surface area contributed by atoms with E-state index in [-0.39, 0.29) is 18.4 Å². The highest BCUT2D eigenvalue weighted by molar-refractivity contribution is 5.97. The van der Waals surface area contributed by atoms with Gasteiger partial charge in [-0.15, -0.1) is 0 Å². The average molecular weight is 359 g/mol. The molecule has 7 nitrogen and oxygen atoms in total. The van der Waals surface area contributed by atoms with Crippen LogP contribution >= 0.6 is 0 Å². The third-order valence-corrected chi connectivity index (χ3v) is 4.40. The fourth-order valence-electron chi connectivity index (χ4n) is 2.83. The number of guanidine groups is 1. The summed E-state index contributed by atoms with van der Waals surface area (Å²) in [7, 11) is 3.81. The fourth-order valence-corrected chi connectivity index (χ4v) is 2.83. The molecule has 26 heavy (non-hydrogen) atoms. The van der Waals surface area contributed by atoms with Crippen molar-refractivity contribution in [2.24, 2.45) is 4.99 Å². The molecule has 2 amide bonds. The maximum absolute atomic E-state index is 12.5. The number of carbonyl (C=O) groups is 2. The van der Waals surface area contributed by atoms with Crippen LogP contribution < -0.4 is 10.6 Å². The first-order valence-corrected chi connectivity index (χ1v) is 9.11. The molecule has 1 aromatic rings. The van der Waals surface area contributed by atoms with Gasteiger partial charge in [-0.05, 0) is 24.1 Å². The zero-order chi connectivity index (χ0) is 18.9. The number of nitrogens with zero attached hydrogens (tertiary/aromatic N) is 3. The lowest BCUT2D eigenvalue weighted by Crippen LogP contribution is -2.49. The largest absolute Gasteiger partial charge is 0.353 e. The van der Waals surface area contributed by atoms with Gasteiger partial charge < -0.3 is 20.4 Å². The van der Waals surface area contributed by atoms with Crippen molar-refractivity contribution in [1.29, 1.82) is 0 Å². The molecule has 0 radical (unpaired) electrons. The Labute approximate surface area is 155 Å². The zero-order valence-electron chi connectivity index (χ0n) is 15.9. The Kier molecular flexibility index (Phi) is 7.44. The standard InChI is InChI=1S/C19H29N5O2/c1-4-5-11-23(3)19(20-2)22-13-15-6-8-16(9-7-15)18(26)24-12-10-21-17(25)14-24/h6-9H,4-5,10-14H2,1-3H3,(H,20,22)(H,21,25). The van der Waals surface area contributed by atoms with Crippen molar-refractivity contribution >= 4 is 17.8 Å². The summed E-state index contributed by atoms with van der Waals surface area (Å²) in [5.41, 5.74) is 1.68. The molecule has 1 aliphatic heterocycles. The second-order valence-electron chi connectivity index (χ2n) is 6.45. The summed E-state index contributed by atoms with van der Waals surface area (Å²) in [5.74, 6) is 0.649. The number of amides is 2. The van der Waals surface area contributed by atoms with Crippen LogP contribution in [-0.2, 0) is 11.3 Å². The maximum Gasteiger partial charge on any atom is 0.254 e. The number of aliphatic imine (C=N–C) groups is 1. The topological polar surface area (TPSA) is 77.0 Å². The van der Waals surface area contributed by atoms with E-state index in [0.29, 0.717) is 25.2 Å². The molecule has 1 heterocycles. The van der Waals surface area contributed by atoms with Gasteiger partial charge in [0.25, 0.3) is 5.91 Å². The van der Waals surface area contributed by atoms with E-state index in [4.69, 9.17) is 0 Å². The third kappa shape index (κ3) is 5.47. The highest BCUT2D eigenvalue weighted by atomic mass is 16.2. The molecular formula is C19H29N5O2. The Balaban J connectivity index is 1.90. The first kappa shape index (κ1) is 19.8. The van der Waals surface area contributed by atoms with Crippen LogP contribution in [0, 0.1) is 0 Å². The van der Waals surface area contributed by atoms with E-state index in [0.717, 1.165) is 30.9 Å². The molecule has 0 unspecified atom stereocenters. The summed E-state index contributed by atoms with van der Waals surface area (Å²) < 4.78 is 0. The predicted molar refractivity (Wildman–Crippen MR) is 103 cm³/mol. The van der Waals surface area contributed by atoms with Gasteiger partial charge in [0.2, 0.25) is 5.91 Å². The molecule has 142 valence electrons. The highest BCUT2D eigenvalue weighted by Gasteiger charge is 2.22. The lowest BCUT2D eigenvalue weighted by Gasteiger charge is -2.26. The monoisotopic (exact) mass is 359 g/mol. The van der Waals surface area contributed by atoms with Crippen molar-refractivity contribution < 1.29 is 9.59 Å². The van der Waals surface area contributed by atoms with Gasteiger partial charge in [-0.2, -0.15) is 0 Å². The summed E-state index contributed by atoms with van der Waals surface area (Å²) in [5, 5.41) is 6.07. The number of carbonyl (C=O) groups excluding carboxylic acids is 2. The van der Waals surface area contributed by atoms with E-state index >= 15 is 0 Å². The van der Waals surface area contributed by atoms with Crippen molar-refractivity contribution in [1.82, 2.24) is 20.4 Å². The molecule has 7 heteroatoms. The Hall–Kier alpha value is -2.57. The third-order valence-electron chi connectivity index (χ3n) is 4.40. The van der Waals surface area contributed by atoms with Gasteiger partial charge in [0.1, 0.15) is 0 Å². The van der Waals surface area contributed by atoms with Crippen LogP contribution in [0.4, 0.5) is 0 Å². The molecule has 0 spiro atoms. The van der Waals surface area contributed by atoms with Crippen molar-refractivity contribution in [2.45, 2.75) is 26.3 Å². The van der Waals surface area contributed by atoms with Crippen molar-refractivity contribution in [3.63, 3.8) is 0 Å². The summed E-state index contributed by atoms with van der Waals surface area (Å²) >= 11 is 0. The van der Waals surface area contributed by atoms with E-state index in [2.05, 4.69) is 27.4 Å². The number of piperazine rings is 1. The first-order chi connectivity index (χ1) is 12.5. The van der Waals surface area contributed by atoms with Crippen LogP contribution in [0.3, 0.4) is 0 Å². The molecule has 2 rings (SSSR count). The van der Waals surface area contributed by atoms with Gasteiger partial charge in [-0.3, -0.25) is 14.6 Å². The normalized spacial score (nSPS) is 14.8. The number of rotatable bonds is 6. The SMILES string of the molecule is CCCCN(C)C(=NC)NCc1ccc(C(=O)N2CCNC(=O)C2)cc1. The lowest BCUT2D eigenvalue weighted by atomic mass is 10.1.